The first-order valence-corrected chi connectivity index (χ1v) is 5.20. The molecule has 0 saturated heterocycles. The number of hydrogen-bond acceptors (Lipinski definition) is 2. The van der Waals surface area contributed by atoms with Gasteiger partial charge in [0.2, 0.25) is 0 Å². The highest BCUT2D eigenvalue weighted by Crippen LogP contribution is 2.37. The van der Waals surface area contributed by atoms with Crippen molar-refractivity contribution < 1.29 is 4.74 Å². The van der Waals surface area contributed by atoms with Crippen LogP contribution in [0.5, 0.6) is 5.75 Å². The van der Waals surface area contributed by atoms with Crippen molar-refractivity contribution in [3.63, 3.8) is 0 Å². The number of nitrogens with one attached hydrogen (secondary N) is 1. The first-order chi connectivity index (χ1) is 6.74. The van der Waals surface area contributed by atoms with Gasteiger partial charge in [-0.3, -0.25) is 0 Å². The van der Waals surface area contributed by atoms with Gasteiger partial charge in [-0.1, -0.05) is 19.1 Å². The largest absolute Gasteiger partial charge is 0.491 e. The van der Waals surface area contributed by atoms with Crippen molar-refractivity contribution >= 4 is 0 Å². The molecule has 1 aromatic carbocycles. The van der Waals surface area contributed by atoms with Gasteiger partial charge in [0.15, 0.2) is 0 Å². The van der Waals surface area contributed by atoms with Gasteiger partial charge < -0.3 is 10.1 Å². The summed E-state index contributed by atoms with van der Waals surface area (Å²) >= 11 is 0. The molecule has 2 rings (SSSR count). The lowest BCUT2D eigenvalue weighted by molar-refractivity contribution is 0.312. The number of rotatable bonds is 2. The van der Waals surface area contributed by atoms with Crippen LogP contribution in [0.25, 0.3) is 0 Å². The molecule has 14 heavy (non-hydrogen) atoms. The number of fused-ring (bicyclic) bond motifs is 1. The molecule has 0 spiro atoms. The third-order valence-electron chi connectivity index (χ3n) is 2.80. The van der Waals surface area contributed by atoms with E-state index in [1.807, 2.05) is 0 Å². The van der Waals surface area contributed by atoms with Crippen molar-refractivity contribution in [1.82, 2.24) is 5.32 Å². The Bertz CT molecular complexity index is 346. The van der Waals surface area contributed by atoms with Crippen LogP contribution in [0.4, 0.5) is 0 Å². The molecular formula is C12H17NO. The van der Waals surface area contributed by atoms with E-state index in [-0.39, 0.29) is 0 Å². The van der Waals surface area contributed by atoms with E-state index in [9.17, 15) is 0 Å². The van der Waals surface area contributed by atoms with Gasteiger partial charge in [0.1, 0.15) is 12.4 Å². The second-order valence-electron chi connectivity index (χ2n) is 3.86. The van der Waals surface area contributed by atoms with Gasteiger partial charge >= 0.3 is 0 Å². The van der Waals surface area contributed by atoms with Crippen molar-refractivity contribution in [2.24, 2.45) is 0 Å². The normalized spacial score (nSPS) is 19.2. The number of benzene rings is 1. The highest BCUT2D eigenvalue weighted by Gasteiger charge is 2.26. The summed E-state index contributed by atoms with van der Waals surface area (Å²) in [7, 11) is 0. The van der Waals surface area contributed by atoms with E-state index in [0.717, 1.165) is 18.9 Å². The van der Waals surface area contributed by atoms with Crippen LogP contribution in [0.1, 0.15) is 29.7 Å². The molecule has 1 unspecified atom stereocenters. The molecule has 1 aromatic rings. The Morgan fingerprint density at radius 2 is 2.07 bits per heavy atom. The summed E-state index contributed by atoms with van der Waals surface area (Å²) in [6.45, 7) is 8.14. The van der Waals surface area contributed by atoms with Crippen LogP contribution in [0.2, 0.25) is 0 Å². The van der Waals surface area contributed by atoms with Gasteiger partial charge in [0.05, 0.1) is 6.04 Å². The Kier molecular flexibility index (Phi) is 2.46. The number of aryl methyl sites for hydroxylation is 2. The lowest BCUT2D eigenvalue weighted by Gasteiger charge is -2.12. The van der Waals surface area contributed by atoms with Crippen LogP contribution >= 0.6 is 0 Å². The van der Waals surface area contributed by atoms with Gasteiger partial charge in [-0.15, -0.1) is 0 Å². The third kappa shape index (κ3) is 1.40. The van der Waals surface area contributed by atoms with E-state index in [4.69, 9.17) is 4.74 Å². The molecule has 1 atom stereocenters. The fraction of sp³-hybridized carbons (Fsp3) is 0.500. The number of likely N-dealkylation sites (N-methyl/N-ethyl adjacent to an activating group) is 1. The molecule has 0 aromatic heterocycles. The fourth-order valence-corrected chi connectivity index (χ4v) is 2.09. The van der Waals surface area contributed by atoms with Crippen molar-refractivity contribution in [2.45, 2.75) is 26.8 Å². The molecule has 76 valence electrons. The summed E-state index contributed by atoms with van der Waals surface area (Å²) in [5, 5.41) is 3.44. The highest BCUT2D eigenvalue weighted by atomic mass is 16.5. The summed E-state index contributed by atoms with van der Waals surface area (Å²) < 4.78 is 5.71. The lowest BCUT2D eigenvalue weighted by atomic mass is 10.00. The smallest absolute Gasteiger partial charge is 0.127 e. The van der Waals surface area contributed by atoms with E-state index in [2.05, 4.69) is 38.2 Å². The van der Waals surface area contributed by atoms with E-state index >= 15 is 0 Å². The van der Waals surface area contributed by atoms with Crippen LogP contribution in [0.3, 0.4) is 0 Å². The van der Waals surface area contributed by atoms with Crippen LogP contribution < -0.4 is 10.1 Å². The Morgan fingerprint density at radius 3 is 2.79 bits per heavy atom. The highest BCUT2D eigenvalue weighted by molar-refractivity contribution is 5.49. The molecule has 2 heteroatoms. The molecule has 1 N–H and O–H groups in total. The number of ether oxygens (including phenoxy) is 1. The van der Waals surface area contributed by atoms with E-state index in [0.29, 0.717) is 6.04 Å². The molecular weight excluding hydrogens is 174 g/mol. The first kappa shape index (κ1) is 9.53. The quantitative estimate of drug-likeness (QED) is 0.774. The minimum atomic E-state index is 0.384. The standard InChI is InChI=1S/C12H17NO/c1-4-13-10-7-14-12-9(3)6-5-8(2)11(10)12/h5-6,10,13H,4,7H2,1-3H3. The van der Waals surface area contributed by atoms with Crippen LogP contribution in [0, 0.1) is 13.8 Å². The predicted molar refractivity (Wildman–Crippen MR) is 57.8 cm³/mol. The molecule has 1 aliphatic heterocycles. The number of hydrogen-bond donors (Lipinski definition) is 1. The van der Waals surface area contributed by atoms with Crippen molar-refractivity contribution in [2.75, 3.05) is 13.2 Å². The molecule has 0 radical (unpaired) electrons. The third-order valence-corrected chi connectivity index (χ3v) is 2.80. The molecule has 0 amide bonds. The maximum absolute atomic E-state index is 5.71. The summed E-state index contributed by atoms with van der Waals surface area (Å²) in [6.07, 6.45) is 0. The molecule has 1 heterocycles. The van der Waals surface area contributed by atoms with Crippen molar-refractivity contribution in [3.05, 3.63) is 28.8 Å². The maximum atomic E-state index is 5.71. The molecule has 0 saturated carbocycles. The average Bonchev–Trinajstić information content (AvgIpc) is 2.58. The predicted octanol–water partition coefficient (Wildman–Crippen LogP) is 2.35. The topological polar surface area (TPSA) is 21.3 Å². The van der Waals surface area contributed by atoms with Gasteiger partial charge in [0.25, 0.3) is 0 Å². The minimum absolute atomic E-state index is 0.384. The summed E-state index contributed by atoms with van der Waals surface area (Å²) in [4.78, 5) is 0. The van der Waals surface area contributed by atoms with Gasteiger partial charge in [-0.25, -0.2) is 0 Å². The monoisotopic (exact) mass is 191 g/mol. The molecule has 0 fully saturated rings. The zero-order chi connectivity index (χ0) is 10.1. The Morgan fingerprint density at radius 1 is 1.36 bits per heavy atom. The summed E-state index contributed by atoms with van der Waals surface area (Å²) in [5.41, 5.74) is 3.92. The molecule has 0 aliphatic carbocycles. The molecule has 1 aliphatic rings. The van der Waals surface area contributed by atoms with Gasteiger partial charge in [-0.2, -0.15) is 0 Å². The lowest BCUT2D eigenvalue weighted by Crippen LogP contribution is -2.22. The van der Waals surface area contributed by atoms with Gasteiger partial charge in [-0.05, 0) is 31.5 Å². The zero-order valence-corrected chi connectivity index (χ0v) is 9.05. The maximum Gasteiger partial charge on any atom is 0.127 e. The summed E-state index contributed by atoms with van der Waals surface area (Å²) in [5.74, 6) is 1.09. The Labute approximate surface area is 85.3 Å². The van der Waals surface area contributed by atoms with Crippen LogP contribution in [-0.4, -0.2) is 13.2 Å². The zero-order valence-electron chi connectivity index (χ0n) is 9.05. The van der Waals surface area contributed by atoms with Crippen molar-refractivity contribution in [3.8, 4) is 5.75 Å². The fourth-order valence-electron chi connectivity index (χ4n) is 2.09. The molecule has 2 nitrogen and oxygen atoms in total. The van der Waals surface area contributed by atoms with Crippen LogP contribution in [0.15, 0.2) is 12.1 Å². The SMILES string of the molecule is CCNC1COc2c(C)ccc(C)c21. The Balaban J connectivity index is 2.42. The Hall–Kier alpha value is -1.02. The second-order valence-corrected chi connectivity index (χ2v) is 3.86. The second kappa shape index (κ2) is 3.62. The first-order valence-electron chi connectivity index (χ1n) is 5.20. The van der Waals surface area contributed by atoms with E-state index in [1.54, 1.807) is 0 Å². The average molecular weight is 191 g/mol. The molecule has 0 bridgehead atoms. The summed E-state index contributed by atoms with van der Waals surface area (Å²) in [6, 6.07) is 4.69. The van der Waals surface area contributed by atoms with Crippen LogP contribution in [-0.2, 0) is 0 Å². The minimum Gasteiger partial charge on any atom is -0.491 e. The van der Waals surface area contributed by atoms with E-state index < -0.39 is 0 Å². The van der Waals surface area contributed by atoms with Crippen molar-refractivity contribution in [1.29, 1.82) is 0 Å². The van der Waals surface area contributed by atoms with E-state index in [1.165, 1.54) is 16.7 Å². The van der Waals surface area contributed by atoms with Gasteiger partial charge in [0, 0.05) is 5.56 Å².